The number of nitrogens with two attached hydrogens (primary N) is 1. The van der Waals surface area contributed by atoms with Gasteiger partial charge in [-0.15, -0.1) is 0 Å². The van der Waals surface area contributed by atoms with Crippen molar-refractivity contribution in [2.75, 3.05) is 26.2 Å². The molecule has 1 aliphatic rings. The van der Waals surface area contributed by atoms with Gasteiger partial charge in [-0.25, -0.2) is 0 Å². The molecule has 16 heavy (non-hydrogen) atoms. The van der Waals surface area contributed by atoms with Gasteiger partial charge in [0.05, 0.1) is 5.60 Å². The van der Waals surface area contributed by atoms with E-state index in [2.05, 4.69) is 18.7 Å². The topological polar surface area (TPSA) is 49.5 Å². The highest BCUT2D eigenvalue weighted by Gasteiger charge is 2.30. The Hall–Kier alpha value is -0.120. The van der Waals surface area contributed by atoms with Gasteiger partial charge in [-0.2, -0.15) is 0 Å². The molecule has 1 saturated heterocycles. The molecule has 0 aromatic carbocycles. The molecule has 1 fully saturated rings. The number of piperidine rings is 1. The number of hydrogen-bond donors (Lipinski definition) is 2. The lowest BCUT2D eigenvalue weighted by Crippen LogP contribution is -2.48. The minimum Gasteiger partial charge on any atom is -0.389 e. The summed E-state index contributed by atoms with van der Waals surface area (Å²) in [6.45, 7) is 9.95. The molecule has 0 saturated carbocycles. The quantitative estimate of drug-likeness (QED) is 0.749. The van der Waals surface area contributed by atoms with Crippen LogP contribution in [0.2, 0.25) is 0 Å². The zero-order valence-electron chi connectivity index (χ0n) is 11.1. The van der Waals surface area contributed by atoms with Crippen LogP contribution < -0.4 is 5.73 Å². The van der Waals surface area contributed by atoms with Gasteiger partial charge in [0.1, 0.15) is 0 Å². The smallest absolute Gasteiger partial charge is 0.0768 e. The fraction of sp³-hybridized carbons (Fsp3) is 1.00. The fourth-order valence-electron chi connectivity index (χ4n) is 2.40. The van der Waals surface area contributed by atoms with Crippen LogP contribution in [0.4, 0.5) is 0 Å². The SMILES string of the molecule is CC(C)C(C)(O)CN1CCCC(CCN)C1. The third kappa shape index (κ3) is 4.04. The Labute approximate surface area is 100 Å². The maximum atomic E-state index is 10.3. The van der Waals surface area contributed by atoms with Crippen molar-refractivity contribution in [2.24, 2.45) is 17.6 Å². The first-order valence-electron chi connectivity index (χ1n) is 6.60. The third-order valence-corrected chi connectivity index (χ3v) is 3.97. The van der Waals surface area contributed by atoms with Crippen molar-refractivity contribution >= 4 is 0 Å². The average Bonchev–Trinajstić information content (AvgIpc) is 2.17. The summed E-state index contributed by atoms with van der Waals surface area (Å²) >= 11 is 0. The second-order valence-corrected chi connectivity index (χ2v) is 5.83. The molecule has 3 heteroatoms. The molecular formula is C13H28N2O. The Balaban J connectivity index is 2.42. The second-order valence-electron chi connectivity index (χ2n) is 5.83. The Bertz CT molecular complexity index is 202. The molecule has 3 nitrogen and oxygen atoms in total. The van der Waals surface area contributed by atoms with Gasteiger partial charge in [0.2, 0.25) is 0 Å². The monoisotopic (exact) mass is 228 g/mol. The molecule has 1 aliphatic heterocycles. The van der Waals surface area contributed by atoms with E-state index in [-0.39, 0.29) is 0 Å². The normalized spacial score (nSPS) is 27.0. The van der Waals surface area contributed by atoms with E-state index in [1.54, 1.807) is 0 Å². The molecule has 0 aromatic heterocycles. The predicted octanol–water partition coefficient (Wildman–Crippen LogP) is 1.45. The molecule has 1 rings (SSSR count). The molecule has 1 heterocycles. The lowest BCUT2D eigenvalue weighted by Gasteiger charge is -2.39. The highest BCUT2D eigenvalue weighted by Crippen LogP contribution is 2.23. The molecule has 0 aromatic rings. The van der Waals surface area contributed by atoms with E-state index >= 15 is 0 Å². The van der Waals surface area contributed by atoms with Gasteiger partial charge in [-0.1, -0.05) is 13.8 Å². The van der Waals surface area contributed by atoms with Crippen molar-refractivity contribution in [3.8, 4) is 0 Å². The minimum atomic E-state index is -0.565. The van der Waals surface area contributed by atoms with Crippen LogP contribution >= 0.6 is 0 Å². The van der Waals surface area contributed by atoms with E-state index in [0.29, 0.717) is 5.92 Å². The summed E-state index contributed by atoms with van der Waals surface area (Å²) in [7, 11) is 0. The predicted molar refractivity (Wildman–Crippen MR) is 68.3 cm³/mol. The summed E-state index contributed by atoms with van der Waals surface area (Å²) in [5.41, 5.74) is 5.05. The zero-order chi connectivity index (χ0) is 12.2. The summed E-state index contributed by atoms with van der Waals surface area (Å²) in [6, 6.07) is 0. The molecule has 0 radical (unpaired) electrons. The highest BCUT2D eigenvalue weighted by atomic mass is 16.3. The highest BCUT2D eigenvalue weighted by molar-refractivity contribution is 4.83. The number of β-amino-alcohol motifs (C(OH)–C–C–N with tert-alkyl or cyclic N) is 1. The van der Waals surface area contributed by atoms with Gasteiger partial charge in [-0.3, -0.25) is 0 Å². The van der Waals surface area contributed by atoms with E-state index < -0.39 is 5.60 Å². The molecular weight excluding hydrogens is 200 g/mol. The first-order valence-corrected chi connectivity index (χ1v) is 6.60. The number of hydrogen-bond acceptors (Lipinski definition) is 3. The maximum Gasteiger partial charge on any atom is 0.0768 e. The minimum absolute atomic E-state index is 0.308. The number of likely N-dealkylation sites (tertiary alicyclic amines) is 1. The Morgan fingerprint density at radius 2 is 2.19 bits per heavy atom. The Kier molecular flexibility index (Phi) is 5.22. The van der Waals surface area contributed by atoms with Crippen LogP contribution in [0.3, 0.4) is 0 Å². The van der Waals surface area contributed by atoms with E-state index in [9.17, 15) is 5.11 Å². The first kappa shape index (κ1) is 13.9. The van der Waals surface area contributed by atoms with Crippen molar-refractivity contribution in [3.05, 3.63) is 0 Å². The van der Waals surface area contributed by atoms with E-state index in [4.69, 9.17) is 5.73 Å². The van der Waals surface area contributed by atoms with Crippen molar-refractivity contribution in [3.63, 3.8) is 0 Å². The number of rotatable bonds is 5. The van der Waals surface area contributed by atoms with Crippen molar-refractivity contribution < 1.29 is 5.11 Å². The van der Waals surface area contributed by atoms with Crippen LogP contribution in [-0.2, 0) is 0 Å². The Morgan fingerprint density at radius 1 is 1.50 bits per heavy atom. The largest absolute Gasteiger partial charge is 0.389 e. The lowest BCUT2D eigenvalue weighted by molar-refractivity contribution is -0.0279. The molecule has 0 aliphatic carbocycles. The van der Waals surface area contributed by atoms with Crippen LogP contribution in [0.5, 0.6) is 0 Å². The Morgan fingerprint density at radius 3 is 2.75 bits per heavy atom. The summed E-state index contributed by atoms with van der Waals surface area (Å²) in [5, 5.41) is 10.3. The van der Waals surface area contributed by atoms with Gasteiger partial charge in [0.25, 0.3) is 0 Å². The average molecular weight is 228 g/mol. The van der Waals surface area contributed by atoms with Gasteiger partial charge < -0.3 is 15.7 Å². The first-order chi connectivity index (χ1) is 7.45. The van der Waals surface area contributed by atoms with Gasteiger partial charge in [0.15, 0.2) is 0 Å². The summed E-state index contributed by atoms with van der Waals surface area (Å²) in [4.78, 5) is 2.41. The van der Waals surface area contributed by atoms with Crippen molar-refractivity contribution in [1.82, 2.24) is 4.90 Å². The molecule has 0 spiro atoms. The number of aliphatic hydroxyl groups is 1. The molecule has 0 bridgehead atoms. The van der Waals surface area contributed by atoms with Crippen molar-refractivity contribution in [1.29, 1.82) is 0 Å². The molecule has 0 amide bonds. The summed E-state index contributed by atoms with van der Waals surface area (Å²) < 4.78 is 0. The second kappa shape index (κ2) is 5.99. The van der Waals surface area contributed by atoms with Crippen LogP contribution in [0.25, 0.3) is 0 Å². The summed E-state index contributed by atoms with van der Waals surface area (Å²) in [6.07, 6.45) is 3.68. The van der Waals surface area contributed by atoms with Gasteiger partial charge in [0, 0.05) is 13.1 Å². The van der Waals surface area contributed by atoms with Crippen LogP contribution in [0, 0.1) is 11.8 Å². The van der Waals surface area contributed by atoms with Crippen LogP contribution in [0.15, 0.2) is 0 Å². The molecule has 2 atom stereocenters. The fourth-order valence-corrected chi connectivity index (χ4v) is 2.40. The molecule has 96 valence electrons. The number of nitrogens with zero attached hydrogens (tertiary/aromatic N) is 1. The van der Waals surface area contributed by atoms with E-state index in [0.717, 1.165) is 38.5 Å². The maximum absolute atomic E-state index is 10.3. The zero-order valence-corrected chi connectivity index (χ0v) is 11.1. The van der Waals surface area contributed by atoms with E-state index in [1.807, 2.05) is 6.92 Å². The molecule has 2 unspecified atom stereocenters. The molecule has 3 N–H and O–H groups in total. The van der Waals surface area contributed by atoms with Gasteiger partial charge in [-0.05, 0) is 51.1 Å². The van der Waals surface area contributed by atoms with E-state index in [1.165, 1.54) is 12.8 Å². The standard InChI is InChI=1S/C13H28N2O/c1-11(2)13(3,16)10-15-8-4-5-12(9-15)6-7-14/h11-12,16H,4-10,14H2,1-3H3. The van der Waals surface area contributed by atoms with Crippen LogP contribution in [-0.4, -0.2) is 41.8 Å². The lowest BCUT2D eigenvalue weighted by atomic mass is 9.89. The van der Waals surface area contributed by atoms with Gasteiger partial charge >= 0.3 is 0 Å². The van der Waals surface area contributed by atoms with Crippen LogP contribution in [0.1, 0.15) is 40.0 Å². The summed E-state index contributed by atoms with van der Waals surface area (Å²) in [5.74, 6) is 1.05. The van der Waals surface area contributed by atoms with Crippen molar-refractivity contribution in [2.45, 2.75) is 45.6 Å². The third-order valence-electron chi connectivity index (χ3n) is 3.97.